The molecule has 1 aliphatic rings. The van der Waals surface area contributed by atoms with Crippen LogP contribution >= 0.6 is 15.9 Å². The van der Waals surface area contributed by atoms with Crippen LogP contribution < -0.4 is 0 Å². The molecule has 2 heteroatoms. The van der Waals surface area contributed by atoms with Crippen LogP contribution in [0.5, 0.6) is 0 Å². The van der Waals surface area contributed by atoms with Crippen molar-refractivity contribution in [2.75, 3.05) is 6.61 Å². The van der Waals surface area contributed by atoms with Gasteiger partial charge in [0.2, 0.25) is 0 Å². The zero-order chi connectivity index (χ0) is 9.86. The van der Waals surface area contributed by atoms with E-state index >= 15 is 0 Å². The molecule has 1 fully saturated rings. The molecule has 1 aromatic rings. The molecule has 14 heavy (non-hydrogen) atoms. The van der Waals surface area contributed by atoms with Crippen molar-refractivity contribution in [2.45, 2.75) is 30.2 Å². The van der Waals surface area contributed by atoms with Gasteiger partial charge in [0, 0.05) is 10.9 Å². The molecule has 0 N–H and O–H groups in total. The van der Waals surface area contributed by atoms with E-state index in [4.69, 9.17) is 4.74 Å². The van der Waals surface area contributed by atoms with E-state index in [1.54, 1.807) is 0 Å². The summed E-state index contributed by atoms with van der Waals surface area (Å²) in [6.07, 6.45) is 3.75. The van der Waals surface area contributed by atoms with Gasteiger partial charge < -0.3 is 4.74 Å². The van der Waals surface area contributed by atoms with E-state index in [0.29, 0.717) is 4.32 Å². The smallest absolute Gasteiger partial charge is 0.0716 e. The standard InChI is InChI=1S/C12H15BrO/c13-12(6-7-12)8-9-14-10-11-4-2-1-3-5-11/h1-5H,6-10H2. The van der Waals surface area contributed by atoms with Crippen LogP contribution in [0.25, 0.3) is 0 Å². The van der Waals surface area contributed by atoms with E-state index in [1.165, 1.54) is 18.4 Å². The van der Waals surface area contributed by atoms with Crippen LogP contribution in [0.4, 0.5) is 0 Å². The Bertz CT molecular complexity index is 280. The minimum atomic E-state index is 0.434. The second kappa shape index (κ2) is 4.45. The third-order valence-corrected chi connectivity index (χ3v) is 3.79. The molecule has 0 atom stereocenters. The van der Waals surface area contributed by atoms with Gasteiger partial charge in [0.25, 0.3) is 0 Å². The summed E-state index contributed by atoms with van der Waals surface area (Å²) < 4.78 is 6.04. The molecule has 2 rings (SSSR count). The van der Waals surface area contributed by atoms with Gasteiger partial charge in [-0.25, -0.2) is 0 Å². The van der Waals surface area contributed by atoms with Gasteiger partial charge in [0.1, 0.15) is 0 Å². The second-order valence-electron chi connectivity index (χ2n) is 3.94. The molecule has 0 spiro atoms. The van der Waals surface area contributed by atoms with Crippen LogP contribution in [0, 0.1) is 0 Å². The Labute approximate surface area is 93.6 Å². The van der Waals surface area contributed by atoms with Crippen LogP contribution in [0.2, 0.25) is 0 Å². The number of hydrogen-bond acceptors (Lipinski definition) is 1. The molecule has 0 heterocycles. The van der Waals surface area contributed by atoms with Crippen molar-refractivity contribution in [2.24, 2.45) is 0 Å². The van der Waals surface area contributed by atoms with Crippen molar-refractivity contribution in [3.05, 3.63) is 35.9 Å². The Kier molecular flexibility index (Phi) is 3.24. The highest BCUT2D eigenvalue weighted by atomic mass is 79.9. The summed E-state index contributed by atoms with van der Waals surface area (Å²) in [5.74, 6) is 0. The molecule has 1 nitrogen and oxygen atoms in total. The first-order chi connectivity index (χ1) is 6.79. The first-order valence-corrected chi connectivity index (χ1v) is 5.88. The monoisotopic (exact) mass is 254 g/mol. The molecule has 0 saturated heterocycles. The van der Waals surface area contributed by atoms with Gasteiger partial charge in [-0.1, -0.05) is 46.3 Å². The lowest BCUT2D eigenvalue weighted by atomic mass is 10.2. The van der Waals surface area contributed by atoms with E-state index in [-0.39, 0.29) is 0 Å². The van der Waals surface area contributed by atoms with Gasteiger partial charge in [-0.3, -0.25) is 0 Å². The lowest BCUT2D eigenvalue weighted by Crippen LogP contribution is -2.03. The van der Waals surface area contributed by atoms with Gasteiger partial charge >= 0.3 is 0 Å². The third-order valence-electron chi connectivity index (χ3n) is 2.60. The van der Waals surface area contributed by atoms with Crippen molar-refractivity contribution in [1.29, 1.82) is 0 Å². The van der Waals surface area contributed by atoms with Gasteiger partial charge in [0.15, 0.2) is 0 Å². The third kappa shape index (κ3) is 3.10. The number of hydrogen-bond donors (Lipinski definition) is 0. The Morgan fingerprint density at radius 2 is 1.93 bits per heavy atom. The Morgan fingerprint density at radius 1 is 1.21 bits per heavy atom. The molecule has 1 saturated carbocycles. The first-order valence-electron chi connectivity index (χ1n) is 5.09. The molecule has 0 bridgehead atoms. The zero-order valence-electron chi connectivity index (χ0n) is 8.21. The number of benzene rings is 1. The van der Waals surface area contributed by atoms with Gasteiger partial charge in [-0.2, -0.15) is 0 Å². The summed E-state index contributed by atoms with van der Waals surface area (Å²) in [5, 5.41) is 0. The van der Waals surface area contributed by atoms with Crippen molar-refractivity contribution in [3.63, 3.8) is 0 Å². The van der Waals surface area contributed by atoms with Crippen LogP contribution in [0.3, 0.4) is 0 Å². The number of ether oxygens (including phenoxy) is 1. The fourth-order valence-corrected chi connectivity index (χ4v) is 1.77. The van der Waals surface area contributed by atoms with Crippen molar-refractivity contribution < 1.29 is 4.74 Å². The van der Waals surface area contributed by atoms with Crippen molar-refractivity contribution in [1.82, 2.24) is 0 Å². The summed E-state index contributed by atoms with van der Waals surface area (Å²) in [6.45, 7) is 1.60. The maximum atomic E-state index is 5.61. The fourth-order valence-electron chi connectivity index (χ4n) is 1.40. The molecule has 1 aliphatic carbocycles. The molecule has 0 aliphatic heterocycles. The predicted molar refractivity (Wildman–Crippen MR) is 61.6 cm³/mol. The second-order valence-corrected chi connectivity index (χ2v) is 5.62. The Morgan fingerprint density at radius 3 is 2.57 bits per heavy atom. The first kappa shape index (κ1) is 10.2. The summed E-state index contributed by atoms with van der Waals surface area (Å²) in [4.78, 5) is 0. The van der Waals surface area contributed by atoms with Crippen molar-refractivity contribution in [3.8, 4) is 0 Å². The predicted octanol–water partition coefficient (Wildman–Crippen LogP) is 3.52. The number of rotatable bonds is 5. The maximum absolute atomic E-state index is 5.61. The lowest BCUT2D eigenvalue weighted by molar-refractivity contribution is 0.117. The van der Waals surface area contributed by atoms with Crippen LogP contribution in [-0.4, -0.2) is 10.9 Å². The molecule has 0 unspecified atom stereocenters. The molecule has 0 amide bonds. The summed E-state index contributed by atoms with van der Waals surface area (Å²) in [7, 11) is 0. The SMILES string of the molecule is BrC1(CCOCc2ccccc2)CC1. The van der Waals surface area contributed by atoms with Gasteiger partial charge in [-0.05, 0) is 24.8 Å². The van der Waals surface area contributed by atoms with Crippen LogP contribution in [0.1, 0.15) is 24.8 Å². The van der Waals surface area contributed by atoms with E-state index in [0.717, 1.165) is 19.6 Å². The highest BCUT2D eigenvalue weighted by Gasteiger charge is 2.38. The quantitative estimate of drug-likeness (QED) is 0.577. The average molecular weight is 255 g/mol. The van der Waals surface area contributed by atoms with Gasteiger partial charge in [0.05, 0.1) is 6.61 Å². The fraction of sp³-hybridized carbons (Fsp3) is 0.500. The minimum Gasteiger partial charge on any atom is -0.377 e. The Hall–Kier alpha value is -0.340. The minimum absolute atomic E-state index is 0.434. The number of alkyl halides is 1. The molecule has 76 valence electrons. The summed E-state index contributed by atoms with van der Waals surface area (Å²) in [5.41, 5.74) is 1.26. The van der Waals surface area contributed by atoms with E-state index in [1.807, 2.05) is 18.2 Å². The number of halogens is 1. The summed E-state index contributed by atoms with van der Waals surface area (Å²) in [6, 6.07) is 10.3. The molecular weight excluding hydrogens is 240 g/mol. The van der Waals surface area contributed by atoms with Crippen molar-refractivity contribution >= 4 is 15.9 Å². The lowest BCUT2D eigenvalue weighted by Gasteiger charge is -2.07. The van der Waals surface area contributed by atoms with Crippen LogP contribution in [0.15, 0.2) is 30.3 Å². The van der Waals surface area contributed by atoms with E-state index in [2.05, 4.69) is 28.1 Å². The highest BCUT2D eigenvalue weighted by Crippen LogP contribution is 2.47. The van der Waals surface area contributed by atoms with Crippen LogP contribution in [-0.2, 0) is 11.3 Å². The van der Waals surface area contributed by atoms with E-state index in [9.17, 15) is 0 Å². The largest absolute Gasteiger partial charge is 0.377 e. The van der Waals surface area contributed by atoms with Gasteiger partial charge in [-0.15, -0.1) is 0 Å². The normalized spacial score (nSPS) is 18.1. The topological polar surface area (TPSA) is 9.23 Å². The molecule has 0 radical (unpaired) electrons. The zero-order valence-corrected chi connectivity index (χ0v) is 9.79. The highest BCUT2D eigenvalue weighted by molar-refractivity contribution is 9.10. The summed E-state index contributed by atoms with van der Waals surface area (Å²) >= 11 is 3.70. The molecule has 0 aromatic heterocycles. The maximum Gasteiger partial charge on any atom is 0.0716 e. The average Bonchev–Trinajstić information content (AvgIpc) is 2.94. The van der Waals surface area contributed by atoms with E-state index < -0.39 is 0 Å². The molecular formula is C12H15BrO. The Balaban J connectivity index is 1.63. The molecule has 1 aromatic carbocycles.